The van der Waals surface area contributed by atoms with Gasteiger partial charge in [0.2, 0.25) is 5.88 Å². The Balaban J connectivity index is 1.88. The highest BCUT2D eigenvalue weighted by Gasteiger charge is 2.18. The third-order valence-electron chi connectivity index (χ3n) is 4.09. The van der Waals surface area contributed by atoms with Crippen LogP contribution in [0.15, 0.2) is 42.5 Å². The Hall–Kier alpha value is -3.39. The molecule has 0 aliphatic rings. The van der Waals surface area contributed by atoms with E-state index in [2.05, 4.69) is 15.6 Å². The Labute approximate surface area is 170 Å². The van der Waals surface area contributed by atoms with E-state index in [-0.39, 0.29) is 23.7 Å². The number of benzene rings is 2. The van der Waals surface area contributed by atoms with Crippen molar-refractivity contribution in [3.63, 3.8) is 0 Å². The number of carbonyl (C=O) groups excluding carboxylic acids is 2. The minimum absolute atomic E-state index is 0.0588. The number of aromatic nitrogens is 1. The minimum Gasteiger partial charge on any atom is -0.480 e. The van der Waals surface area contributed by atoms with Crippen LogP contribution in [0.25, 0.3) is 10.9 Å². The average molecular weight is 418 g/mol. The molecule has 0 fully saturated rings. The number of urea groups is 1. The number of anilines is 1. The number of fused-ring (bicyclic) bond motifs is 1. The van der Waals surface area contributed by atoms with Crippen LogP contribution < -0.4 is 15.4 Å². The van der Waals surface area contributed by atoms with Crippen LogP contribution in [0.3, 0.4) is 0 Å². The van der Waals surface area contributed by atoms with E-state index in [1.807, 2.05) is 0 Å². The number of methoxy groups -OCH3 is 2. The van der Waals surface area contributed by atoms with Crippen molar-refractivity contribution in [1.29, 1.82) is 0 Å². The lowest BCUT2D eigenvalue weighted by atomic mass is 10.1. The summed E-state index contributed by atoms with van der Waals surface area (Å²) in [6.45, 7) is 0.0606. The lowest BCUT2D eigenvalue weighted by Crippen LogP contribution is -2.28. The van der Waals surface area contributed by atoms with Crippen molar-refractivity contribution < 1.29 is 23.5 Å². The van der Waals surface area contributed by atoms with Crippen molar-refractivity contribution in [2.45, 2.75) is 6.54 Å². The molecule has 29 heavy (non-hydrogen) atoms. The molecule has 1 heterocycles. The van der Waals surface area contributed by atoms with Gasteiger partial charge in [0.25, 0.3) is 0 Å². The molecule has 0 bridgehead atoms. The van der Waals surface area contributed by atoms with Gasteiger partial charge in [0.05, 0.1) is 25.4 Å². The number of amides is 2. The number of nitrogens with zero attached hydrogens (tertiary/aromatic N) is 1. The Bertz CT molecular complexity index is 1090. The van der Waals surface area contributed by atoms with E-state index in [0.717, 1.165) is 0 Å². The summed E-state index contributed by atoms with van der Waals surface area (Å²) >= 11 is 6.18. The Morgan fingerprint density at radius 2 is 1.93 bits per heavy atom. The highest BCUT2D eigenvalue weighted by molar-refractivity contribution is 6.31. The van der Waals surface area contributed by atoms with Crippen LogP contribution >= 0.6 is 11.6 Å². The average Bonchev–Trinajstić information content (AvgIpc) is 2.72. The summed E-state index contributed by atoms with van der Waals surface area (Å²) in [6.07, 6.45) is 0. The maximum atomic E-state index is 13.7. The molecule has 2 amide bonds. The van der Waals surface area contributed by atoms with Gasteiger partial charge < -0.3 is 20.1 Å². The molecule has 0 aliphatic carbocycles. The molecule has 7 nitrogen and oxygen atoms in total. The molecule has 0 saturated carbocycles. The zero-order chi connectivity index (χ0) is 21.0. The summed E-state index contributed by atoms with van der Waals surface area (Å²) in [5.41, 5.74) is 1.29. The Morgan fingerprint density at radius 3 is 2.62 bits per heavy atom. The third-order valence-corrected chi connectivity index (χ3v) is 4.31. The van der Waals surface area contributed by atoms with E-state index in [9.17, 15) is 14.0 Å². The number of pyridine rings is 1. The number of ether oxygens (including phenoxy) is 2. The van der Waals surface area contributed by atoms with E-state index in [1.54, 1.807) is 24.3 Å². The summed E-state index contributed by atoms with van der Waals surface area (Å²) in [7, 11) is 2.64. The molecular weight excluding hydrogens is 401 g/mol. The van der Waals surface area contributed by atoms with Crippen LogP contribution in [-0.2, 0) is 11.3 Å². The predicted octanol–water partition coefficient (Wildman–Crippen LogP) is 4.14. The Kier molecular flexibility index (Phi) is 6.13. The van der Waals surface area contributed by atoms with Crippen molar-refractivity contribution >= 4 is 40.2 Å². The van der Waals surface area contributed by atoms with Crippen molar-refractivity contribution in [3.8, 4) is 5.88 Å². The van der Waals surface area contributed by atoms with Gasteiger partial charge in [-0.25, -0.2) is 19.0 Å². The number of esters is 1. The largest absolute Gasteiger partial charge is 0.480 e. The maximum absolute atomic E-state index is 13.7. The van der Waals surface area contributed by atoms with Gasteiger partial charge in [-0.1, -0.05) is 23.7 Å². The SMILES string of the molecule is COC(=O)c1cc2cc(Cl)cc(CNC(=O)Nc3ccccc3F)c2nc1OC. The fraction of sp³-hybridized carbons (Fsp3) is 0.150. The predicted molar refractivity (Wildman–Crippen MR) is 107 cm³/mol. The molecule has 2 N–H and O–H groups in total. The molecule has 1 aromatic heterocycles. The first-order chi connectivity index (χ1) is 13.9. The second-order valence-electron chi connectivity index (χ2n) is 5.96. The summed E-state index contributed by atoms with van der Waals surface area (Å²) in [6, 6.07) is 10.1. The fourth-order valence-electron chi connectivity index (χ4n) is 2.76. The number of rotatable bonds is 5. The van der Waals surface area contributed by atoms with E-state index in [1.165, 1.54) is 32.4 Å². The molecule has 0 unspecified atom stereocenters. The van der Waals surface area contributed by atoms with Crippen molar-refractivity contribution in [2.24, 2.45) is 0 Å². The van der Waals surface area contributed by atoms with Gasteiger partial charge in [0.15, 0.2) is 0 Å². The van der Waals surface area contributed by atoms with Crippen molar-refractivity contribution in [1.82, 2.24) is 10.3 Å². The minimum atomic E-state index is -0.597. The second-order valence-corrected chi connectivity index (χ2v) is 6.40. The quantitative estimate of drug-likeness (QED) is 0.609. The first-order valence-electron chi connectivity index (χ1n) is 8.47. The lowest BCUT2D eigenvalue weighted by molar-refractivity contribution is 0.0596. The standard InChI is InChI=1S/C20H17ClFN3O4/c1-28-18-14(19(26)29-2)9-11-7-13(21)8-12(17(11)25-18)10-23-20(27)24-16-6-4-3-5-15(16)22/h3-9H,10H2,1-2H3,(H2,23,24,27). The molecule has 3 aromatic rings. The molecule has 0 radical (unpaired) electrons. The molecule has 9 heteroatoms. The molecule has 150 valence electrons. The molecule has 0 aliphatic heterocycles. The van der Waals surface area contributed by atoms with Gasteiger partial charge in [-0.05, 0) is 35.9 Å². The normalized spacial score (nSPS) is 10.5. The molecule has 3 rings (SSSR count). The smallest absolute Gasteiger partial charge is 0.343 e. The van der Waals surface area contributed by atoms with Gasteiger partial charge in [-0.15, -0.1) is 0 Å². The molecule has 0 saturated heterocycles. The number of halogens is 2. The summed E-state index contributed by atoms with van der Waals surface area (Å²) in [5, 5.41) is 6.03. The van der Waals surface area contributed by atoms with Crippen molar-refractivity contribution in [3.05, 3.63) is 64.4 Å². The van der Waals surface area contributed by atoms with Gasteiger partial charge >= 0.3 is 12.0 Å². The second kappa shape index (κ2) is 8.74. The van der Waals surface area contributed by atoms with E-state index in [0.29, 0.717) is 21.5 Å². The highest BCUT2D eigenvalue weighted by Crippen LogP contribution is 2.28. The van der Waals surface area contributed by atoms with Crippen LogP contribution in [0.5, 0.6) is 5.88 Å². The maximum Gasteiger partial charge on any atom is 0.343 e. The van der Waals surface area contributed by atoms with E-state index < -0.39 is 17.8 Å². The first kappa shape index (κ1) is 20.3. The molecule has 0 atom stereocenters. The highest BCUT2D eigenvalue weighted by atomic mass is 35.5. The van der Waals surface area contributed by atoms with Crippen LogP contribution in [0.4, 0.5) is 14.9 Å². The van der Waals surface area contributed by atoms with Gasteiger partial charge in [0.1, 0.15) is 11.4 Å². The van der Waals surface area contributed by atoms with Gasteiger partial charge in [0, 0.05) is 17.0 Å². The molecule has 2 aromatic carbocycles. The van der Waals surface area contributed by atoms with E-state index >= 15 is 0 Å². The number of nitrogens with one attached hydrogen (secondary N) is 2. The lowest BCUT2D eigenvalue weighted by Gasteiger charge is -2.13. The molecule has 0 spiro atoms. The van der Waals surface area contributed by atoms with Gasteiger partial charge in [-0.2, -0.15) is 0 Å². The van der Waals surface area contributed by atoms with Crippen LogP contribution in [0, 0.1) is 5.82 Å². The van der Waals surface area contributed by atoms with Crippen LogP contribution in [-0.4, -0.2) is 31.2 Å². The number of hydrogen-bond donors (Lipinski definition) is 2. The Morgan fingerprint density at radius 1 is 1.17 bits per heavy atom. The number of para-hydroxylation sites is 1. The third kappa shape index (κ3) is 4.55. The zero-order valence-corrected chi connectivity index (χ0v) is 16.3. The topological polar surface area (TPSA) is 89.5 Å². The zero-order valence-electron chi connectivity index (χ0n) is 15.6. The fourth-order valence-corrected chi connectivity index (χ4v) is 3.00. The summed E-state index contributed by atoms with van der Waals surface area (Å²) < 4.78 is 23.6. The van der Waals surface area contributed by atoms with Gasteiger partial charge in [-0.3, -0.25) is 0 Å². The van der Waals surface area contributed by atoms with Crippen LogP contribution in [0.2, 0.25) is 5.02 Å². The number of carbonyl (C=O) groups is 2. The monoisotopic (exact) mass is 417 g/mol. The first-order valence-corrected chi connectivity index (χ1v) is 8.85. The van der Waals surface area contributed by atoms with Crippen molar-refractivity contribution in [2.75, 3.05) is 19.5 Å². The summed E-state index contributed by atoms with van der Waals surface area (Å²) in [4.78, 5) is 28.5. The van der Waals surface area contributed by atoms with Crippen LogP contribution in [0.1, 0.15) is 15.9 Å². The number of hydrogen-bond acceptors (Lipinski definition) is 5. The van der Waals surface area contributed by atoms with E-state index in [4.69, 9.17) is 21.1 Å². The summed E-state index contributed by atoms with van der Waals surface area (Å²) in [5.74, 6) is -1.05. The molecular formula is C20H17ClFN3O4.